The second-order valence-corrected chi connectivity index (χ2v) is 14.2. The highest BCUT2D eigenvalue weighted by molar-refractivity contribution is 6.13. The van der Waals surface area contributed by atoms with Crippen LogP contribution >= 0.6 is 0 Å². The third kappa shape index (κ3) is 5.97. The molecule has 11 heteroatoms. The number of hydrogen-bond acceptors (Lipinski definition) is 9. The van der Waals surface area contributed by atoms with Gasteiger partial charge in [0.15, 0.2) is 0 Å². The molecule has 0 unspecified atom stereocenters. The number of benzene rings is 2. The van der Waals surface area contributed by atoms with Crippen LogP contribution in [0.1, 0.15) is 61.9 Å². The van der Waals surface area contributed by atoms with E-state index < -0.39 is 10.8 Å². The van der Waals surface area contributed by atoms with E-state index in [-0.39, 0.29) is 11.8 Å². The molecule has 2 aliphatic rings. The molecule has 0 spiro atoms. The van der Waals surface area contributed by atoms with Crippen LogP contribution in [0.15, 0.2) is 91.9 Å². The molecule has 2 amide bonds. The lowest BCUT2D eigenvalue weighted by Gasteiger charge is -2.20. The minimum absolute atomic E-state index is 0.00269. The number of hydrogen-bond donors (Lipinski definition) is 0. The Balaban J connectivity index is 0.000000162. The maximum absolute atomic E-state index is 13.2. The monoisotopic (exact) mass is 689 g/mol. The molecule has 0 radical (unpaired) electrons. The molecule has 2 aliphatic heterocycles. The van der Waals surface area contributed by atoms with Crippen molar-refractivity contribution >= 4 is 34.7 Å². The molecule has 8 rings (SSSR count). The first-order chi connectivity index (χ1) is 24.8. The average Bonchev–Trinajstić information content (AvgIpc) is 3.45. The Morgan fingerprint density at radius 2 is 0.981 bits per heavy atom. The first-order valence-electron chi connectivity index (χ1n) is 17.0. The maximum Gasteiger partial charge on any atom is 0.242 e. The molecular weight excluding hydrogens is 651 g/mol. The molecule has 4 aromatic heterocycles. The zero-order valence-electron chi connectivity index (χ0n) is 30.5. The minimum atomic E-state index is -0.615. The molecule has 0 atom stereocenters. The third-order valence-electron chi connectivity index (χ3n) is 9.68. The van der Waals surface area contributed by atoms with Gasteiger partial charge in [0.2, 0.25) is 11.8 Å². The Bertz CT molecular complexity index is 2190. The highest BCUT2D eigenvalue weighted by atomic mass is 16.2. The van der Waals surface area contributed by atoms with Crippen molar-refractivity contribution < 1.29 is 9.59 Å². The second kappa shape index (κ2) is 12.8. The summed E-state index contributed by atoms with van der Waals surface area (Å²) in [4.78, 5) is 59.6. The first-order valence-corrected chi connectivity index (χ1v) is 17.0. The number of rotatable bonds is 4. The van der Waals surface area contributed by atoms with Crippen molar-refractivity contribution in [2.75, 3.05) is 9.80 Å². The van der Waals surface area contributed by atoms with Crippen molar-refractivity contribution in [3.63, 3.8) is 0 Å². The molecule has 0 saturated heterocycles. The zero-order valence-corrected chi connectivity index (χ0v) is 30.5. The number of aromatic nitrogens is 7. The van der Waals surface area contributed by atoms with E-state index in [9.17, 15) is 9.59 Å². The van der Waals surface area contributed by atoms with Crippen LogP contribution in [-0.2, 0) is 20.4 Å². The molecule has 6 aromatic rings. The minimum Gasteiger partial charge on any atom is -0.280 e. The van der Waals surface area contributed by atoms with Crippen LogP contribution in [0, 0.1) is 27.7 Å². The van der Waals surface area contributed by atoms with E-state index in [0.29, 0.717) is 5.82 Å². The molecule has 11 nitrogen and oxygen atoms in total. The Labute approximate surface area is 302 Å². The smallest absolute Gasteiger partial charge is 0.242 e. The van der Waals surface area contributed by atoms with Gasteiger partial charge in [-0.3, -0.25) is 24.4 Å². The van der Waals surface area contributed by atoms with Gasteiger partial charge in [-0.05, 0) is 102 Å². The molecule has 0 saturated carbocycles. The van der Waals surface area contributed by atoms with Crippen molar-refractivity contribution in [1.29, 1.82) is 0 Å². The Morgan fingerprint density at radius 1 is 0.500 bits per heavy atom. The van der Waals surface area contributed by atoms with Gasteiger partial charge in [-0.2, -0.15) is 0 Å². The fourth-order valence-corrected chi connectivity index (χ4v) is 6.66. The molecule has 0 fully saturated rings. The predicted octanol–water partition coefficient (Wildman–Crippen LogP) is 7.62. The Hall–Kier alpha value is -6.23. The third-order valence-corrected chi connectivity index (χ3v) is 9.68. The quantitative estimate of drug-likeness (QED) is 0.183. The van der Waals surface area contributed by atoms with E-state index in [2.05, 4.69) is 34.9 Å². The summed E-state index contributed by atoms with van der Waals surface area (Å²) in [5, 5.41) is 0. The van der Waals surface area contributed by atoms with Crippen molar-refractivity contribution in [2.45, 2.75) is 66.2 Å². The molecule has 260 valence electrons. The van der Waals surface area contributed by atoms with Crippen molar-refractivity contribution in [2.24, 2.45) is 0 Å². The van der Waals surface area contributed by atoms with Crippen LogP contribution in [0.25, 0.3) is 22.3 Å². The van der Waals surface area contributed by atoms with Gasteiger partial charge in [0.1, 0.15) is 23.8 Å². The van der Waals surface area contributed by atoms with Gasteiger partial charge in [-0.1, -0.05) is 24.3 Å². The second-order valence-electron chi connectivity index (χ2n) is 14.2. The number of carbonyl (C=O) groups excluding carboxylic acids is 2. The van der Waals surface area contributed by atoms with Crippen molar-refractivity contribution in [1.82, 2.24) is 34.9 Å². The van der Waals surface area contributed by atoms with E-state index in [4.69, 9.17) is 0 Å². The average molecular weight is 690 g/mol. The first kappa shape index (κ1) is 34.2. The summed E-state index contributed by atoms with van der Waals surface area (Å²) in [6.45, 7) is 15.4. The van der Waals surface area contributed by atoms with Crippen LogP contribution in [0.5, 0.6) is 0 Å². The van der Waals surface area contributed by atoms with Crippen LogP contribution < -0.4 is 9.80 Å². The summed E-state index contributed by atoms with van der Waals surface area (Å²) in [5.41, 5.74) is 8.90. The van der Waals surface area contributed by atoms with Crippen LogP contribution in [0.4, 0.5) is 22.9 Å². The van der Waals surface area contributed by atoms with Gasteiger partial charge in [0.05, 0.1) is 27.9 Å². The van der Waals surface area contributed by atoms with E-state index in [1.165, 1.54) is 6.33 Å². The van der Waals surface area contributed by atoms with Crippen LogP contribution in [-0.4, -0.2) is 46.7 Å². The van der Waals surface area contributed by atoms with Gasteiger partial charge < -0.3 is 0 Å². The number of fused-ring (bicyclic) bond motifs is 2. The highest BCUT2D eigenvalue weighted by Crippen LogP contribution is 2.48. The van der Waals surface area contributed by atoms with Crippen LogP contribution in [0.2, 0.25) is 0 Å². The molecule has 0 aliphatic carbocycles. The molecule has 6 heterocycles. The maximum atomic E-state index is 13.2. The molecule has 0 N–H and O–H groups in total. The summed E-state index contributed by atoms with van der Waals surface area (Å²) in [6.07, 6.45) is 10.4. The van der Waals surface area contributed by atoms with E-state index in [1.807, 2.05) is 122 Å². The number of nitrogens with zero attached hydrogens (tertiary/aromatic N) is 9. The van der Waals surface area contributed by atoms with E-state index in [1.54, 1.807) is 28.4 Å². The summed E-state index contributed by atoms with van der Waals surface area (Å²) in [7, 11) is 0. The van der Waals surface area contributed by atoms with Gasteiger partial charge in [0, 0.05) is 59.6 Å². The largest absolute Gasteiger partial charge is 0.280 e. The standard InChI is InChI=1S/C21H20N4O.C20H19N5O/c1-13-9-17(7-8-22-13)25-19-10-15(16-11-23-14(2)24-12-16)5-6-18(19)21(3,4)20(25)26;1-12-7-18(24-11-23-12)25-17-8-14(15-9-21-13(2)22-10-15)5-6-16(17)20(3,4)19(25)26/h5-12H,1-4H3;5-11H,1-4H3. The van der Waals surface area contributed by atoms with E-state index in [0.717, 1.165) is 73.5 Å². The number of anilines is 4. The van der Waals surface area contributed by atoms with Gasteiger partial charge in [0.25, 0.3) is 0 Å². The summed E-state index contributed by atoms with van der Waals surface area (Å²) >= 11 is 0. The fraction of sp³-hybridized carbons (Fsp3) is 0.244. The number of amides is 2. The normalized spacial score (nSPS) is 15.2. The van der Waals surface area contributed by atoms with Gasteiger partial charge in [-0.25, -0.2) is 29.9 Å². The van der Waals surface area contributed by atoms with Crippen molar-refractivity contribution in [3.8, 4) is 22.3 Å². The number of pyridine rings is 1. The summed E-state index contributed by atoms with van der Waals surface area (Å²) in [5.74, 6) is 2.12. The summed E-state index contributed by atoms with van der Waals surface area (Å²) < 4.78 is 0. The lowest BCUT2D eigenvalue weighted by atomic mass is 9.85. The SMILES string of the molecule is Cc1cc(N2C(=O)C(C)(C)c3ccc(-c4cnc(C)nc4)cc32)ccn1.Cc1cc(N2C(=O)C(C)(C)c3ccc(-c4cnc(C)nc4)cc32)ncn1. The predicted molar refractivity (Wildman–Crippen MR) is 200 cm³/mol. The number of carbonyl (C=O) groups is 2. The topological polar surface area (TPSA) is 131 Å². The Morgan fingerprint density at radius 3 is 1.48 bits per heavy atom. The molecule has 0 bridgehead atoms. The summed E-state index contributed by atoms with van der Waals surface area (Å²) in [6, 6.07) is 17.8. The highest BCUT2D eigenvalue weighted by Gasteiger charge is 2.46. The lowest BCUT2D eigenvalue weighted by molar-refractivity contribution is -0.122. The van der Waals surface area contributed by atoms with Crippen LogP contribution in [0.3, 0.4) is 0 Å². The lowest BCUT2D eigenvalue weighted by Crippen LogP contribution is -2.33. The fourth-order valence-electron chi connectivity index (χ4n) is 6.66. The van der Waals surface area contributed by atoms with Gasteiger partial charge >= 0.3 is 0 Å². The van der Waals surface area contributed by atoms with Gasteiger partial charge in [-0.15, -0.1) is 0 Å². The van der Waals surface area contributed by atoms with E-state index >= 15 is 0 Å². The number of aryl methyl sites for hydroxylation is 4. The molecule has 2 aromatic carbocycles. The molecule has 52 heavy (non-hydrogen) atoms. The zero-order chi connectivity index (χ0) is 36.9. The Kier molecular flexibility index (Phi) is 8.44. The molecular formula is C41H39N9O2. The van der Waals surface area contributed by atoms with Crippen molar-refractivity contribution in [3.05, 3.63) is 126 Å².